The first-order chi connectivity index (χ1) is 10.5. The highest BCUT2D eigenvalue weighted by molar-refractivity contribution is 5.94. The zero-order valence-electron chi connectivity index (χ0n) is 11.8. The third-order valence-corrected chi connectivity index (χ3v) is 3.05. The van der Waals surface area contributed by atoms with Gasteiger partial charge in [0.1, 0.15) is 11.5 Å². The summed E-state index contributed by atoms with van der Waals surface area (Å²) in [6.45, 7) is -0.0242. The van der Waals surface area contributed by atoms with Crippen LogP contribution in [0.25, 0.3) is 0 Å². The topological polar surface area (TPSA) is 102 Å². The minimum absolute atomic E-state index is 0.0242. The fraction of sp³-hybridized carbons (Fsp3) is 0.133. The van der Waals surface area contributed by atoms with Gasteiger partial charge in [-0.25, -0.2) is 0 Å². The quantitative estimate of drug-likeness (QED) is 0.651. The number of nitrogens with one attached hydrogen (secondary N) is 1. The number of methoxy groups -OCH3 is 1. The number of rotatable bonds is 5. The van der Waals surface area contributed by atoms with E-state index >= 15 is 0 Å². The number of ether oxygens (including phenoxy) is 1. The maximum atomic E-state index is 12.0. The maximum absolute atomic E-state index is 12.0. The lowest BCUT2D eigenvalue weighted by molar-refractivity contribution is -0.384. The molecule has 2 aromatic carbocycles. The van der Waals surface area contributed by atoms with Crippen LogP contribution in [0, 0.1) is 10.1 Å². The Kier molecular flexibility index (Phi) is 4.57. The summed E-state index contributed by atoms with van der Waals surface area (Å²) in [4.78, 5) is 22.2. The Morgan fingerprint density at radius 3 is 2.77 bits per heavy atom. The Bertz CT molecular complexity index is 715. The fourth-order valence-electron chi connectivity index (χ4n) is 1.87. The van der Waals surface area contributed by atoms with Crippen molar-refractivity contribution in [2.24, 2.45) is 0 Å². The fourth-order valence-corrected chi connectivity index (χ4v) is 1.87. The summed E-state index contributed by atoms with van der Waals surface area (Å²) in [6.07, 6.45) is 0. The summed E-state index contributed by atoms with van der Waals surface area (Å²) in [6, 6.07) is 10.2. The van der Waals surface area contributed by atoms with Crippen LogP contribution in [0.2, 0.25) is 0 Å². The molecule has 0 aliphatic carbocycles. The Hall–Kier alpha value is -3.09. The van der Waals surface area contributed by atoms with E-state index in [0.717, 1.165) is 0 Å². The highest BCUT2D eigenvalue weighted by Crippen LogP contribution is 2.22. The molecule has 114 valence electrons. The molecule has 0 aromatic heterocycles. The molecule has 0 heterocycles. The number of hydrogen-bond donors (Lipinski definition) is 2. The predicted octanol–water partition coefficient (Wildman–Crippen LogP) is 2.24. The van der Waals surface area contributed by atoms with Gasteiger partial charge in [-0.2, -0.15) is 0 Å². The molecular weight excluding hydrogens is 288 g/mol. The lowest BCUT2D eigenvalue weighted by atomic mass is 10.1. The number of non-ortho nitro benzene ring substituents is 1. The number of hydrogen-bond acceptors (Lipinski definition) is 5. The van der Waals surface area contributed by atoms with E-state index in [4.69, 9.17) is 4.74 Å². The number of aromatic hydroxyl groups is 1. The van der Waals surface area contributed by atoms with Crippen molar-refractivity contribution in [3.05, 3.63) is 63.7 Å². The second-order valence-corrected chi connectivity index (χ2v) is 4.48. The molecule has 2 N–H and O–H groups in total. The van der Waals surface area contributed by atoms with Gasteiger partial charge >= 0.3 is 0 Å². The van der Waals surface area contributed by atoms with Gasteiger partial charge in [-0.3, -0.25) is 14.9 Å². The molecule has 7 heteroatoms. The van der Waals surface area contributed by atoms with E-state index in [2.05, 4.69) is 5.32 Å². The molecule has 0 saturated heterocycles. The van der Waals surface area contributed by atoms with Crippen molar-refractivity contribution >= 4 is 11.6 Å². The highest BCUT2D eigenvalue weighted by Gasteiger charge is 2.12. The molecule has 0 spiro atoms. The van der Waals surface area contributed by atoms with Crippen LogP contribution < -0.4 is 10.1 Å². The molecule has 0 bridgehead atoms. The van der Waals surface area contributed by atoms with Crippen LogP contribution in [0.1, 0.15) is 15.9 Å². The first-order valence-electron chi connectivity index (χ1n) is 6.40. The molecule has 0 atom stereocenters. The van der Waals surface area contributed by atoms with Crippen LogP contribution in [0.3, 0.4) is 0 Å². The average molecular weight is 302 g/mol. The van der Waals surface area contributed by atoms with Crippen LogP contribution >= 0.6 is 0 Å². The van der Waals surface area contributed by atoms with Crippen LogP contribution in [-0.2, 0) is 6.54 Å². The van der Waals surface area contributed by atoms with E-state index < -0.39 is 4.92 Å². The molecule has 0 saturated carbocycles. The van der Waals surface area contributed by atoms with Crippen molar-refractivity contribution in [1.82, 2.24) is 5.32 Å². The Balaban J connectivity index is 2.10. The molecule has 22 heavy (non-hydrogen) atoms. The zero-order chi connectivity index (χ0) is 16.1. The monoisotopic (exact) mass is 302 g/mol. The van der Waals surface area contributed by atoms with Crippen molar-refractivity contribution in [3.8, 4) is 11.5 Å². The molecular formula is C15H14N2O5. The summed E-state index contributed by atoms with van der Waals surface area (Å²) in [7, 11) is 1.50. The van der Waals surface area contributed by atoms with E-state index in [1.54, 1.807) is 24.3 Å². The summed E-state index contributed by atoms with van der Waals surface area (Å²) in [5.41, 5.74) is 0.512. The molecule has 2 aromatic rings. The number of amides is 1. The van der Waals surface area contributed by atoms with E-state index in [0.29, 0.717) is 11.3 Å². The number of benzene rings is 2. The van der Waals surface area contributed by atoms with Gasteiger partial charge in [0.15, 0.2) is 0 Å². The molecule has 0 unspecified atom stereocenters. The second kappa shape index (κ2) is 6.57. The van der Waals surface area contributed by atoms with Crippen LogP contribution in [0.5, 0.6) is 11.5 Å². The Morgan fingerprint density at radius 2 is 2.09 bits per heavy atom. The van der Waals surface area contributed by atoms with E-state index in [-0.39, 0.29) is 29.5 Å². The number of nitrogens with zero attached hydrogens (tertiary/aromatic N) is 1. The third kappa shape index (κ3) is 3.51. The largest absolute Gasteiger partial charge is 0.508 e. The minimum atomic E-state index is -0.563. The van der Waals surface area contributed by atoms with E-state index in [9.17, 15) is 20.0 Å². The van der Waals surface area contributed by atoms with E-state index in [1.807, 2.05) is 0 Å². The highest BCUT2D eigenvalue weighted by atomic mass is 16.6. The molecule has 0 aliphatic rings. The maximum Gasteiger partial charge on any atom is 0.270 e. The Morgan fingerprint density at radius 1 is 1.32 bits per heavy atom. The van der Waals surface area contributed by atoms with Gasteiger partial charge in [-0.05, 0) is 24.3 Å². The van der Waals surface area contributed by atoms with Gasteiger partial charge in [0, 0.05) is 29.8 Å². The number of nitro groups is 1. The molecule has 2 rings (SSSR count). The van der Waals surface area contributed by atoms with Gasteiger partial charge < -0.3 is 15.2 Å². The first kappa shape index (κ1) is 15.3. The van der Waals surface area contributed by atoms with Crippen LogP contribution in [0.4, 0.5) is 5.69 Å². The van der Waals surface area contributed by atoms with Gasteiger partial charge in [-0.1, -0.05) is 6.07 Å². The molecule has 7 nitrogen and oxygen atoms in total. The number of nitro benzene ring substituents is 1. The van der Waals surface area contributed by atoms with Crippen molar-refractivity contribution in [1.29, 1.82) is 0 Å². The van der Waals surface area contributed by atoms with Gasteiger partial charge in [0.25, 0.3) is 11.6 Å². The Labute approximate surface area is 126 Å². The van der Waals surface area contributed by atoms with Gasteiger partial charge in [-0.15, -0.1) is 0 Å². The summed E-state index contributed by atoms with van der Waals surface area (Å²) in [5.74, 6) is 0.0622. The number of carbonyl (C=O) groups is 1. The first-order valence-corrected chi connectivity index (χ1v) is 6.40. The van der Waals surface area contributed by atoms with Crippen molar-refractivity contribution in [2.75, 3.05) is 7.11 Å². The zero-order valence-corrected chi connectivity index (χ0v) is 11.8. The van der Waals surface area contributed by atoms with Crippen molar-refractivity contribution < 1.29 is 19.6 Å². The molecule has 0 aliphatic heterocycles. The SMILES string of the molecule is COc1cccc(C(=O)NCc2cc([N+](=O)[O-])ccc2O)c1. The molecule has 0 radical (unpaired) electrons. The molecule has 1 amide bonds. The lowest BCUT2D eigenvalue weighted by Crippen LogP contribution is -2.22. The van der Waals surface area contributed by atoms with Crippen LogP contribution in [0.15, 0.2) is 42.5 Å². The second-order valence-electron chi connectivity index (χ2n) is 4.48. The smallest absolute Gasteiger partial charge is 0.270 e. The summed E-state index contributed by atoms with van der Waals surface area (Å²) >= 11 is 0. The lowest BCUT2D eigenvalue weighted by Gasteiger charge is -2.08. The number of phenols is 1. The number of phenolic OH excluding ortho intramolecular Hbond substituents is 1. The van der Waals surface area contributed by atoms with Gasteiger partial charge in [0.2, 0.25) is 0 Å². The summed E-state index contributed by atoms with van der Waals surface area (Å²) < 4.78 is 5.03. The van der Waals surface area contributed by atoms with Crippen LogP contribution in [-0.4, -0.2) is 23.0 Å². The van der Waals surface area contributed by atoms with Crippen molar-refractivity contribution in [2.45, 2.75) is 6.54 Å². The van der Waals surface area contributed by atoms with E-state index in [1.165, 1.54) is 25.3 Å². The predicted molar refractivity (Wildman–Crippen MR) is 78.9 cm³/mol. The third-order valence-electron chi connectivity index (χ3n) is 3.05. The standard InChI is InChI=1S/C15H14N2O5/c1-22-13-4-2-3-10(8-13)15(19)16-9-11-7-12(17(20)21)5-6-14(11)18/h2-8,18H,9H2,1H3,(H,16,19). The van der Waals surface area contributed by atoms with Crippen molar-refractivity contribution in [3.63, 3.8) is 0 Å². The number of carbonyl (C=O) groups excluding carboxylic acids is 1. The normalized spacial score (nSPS) is 10.0. The summed E-state index contributed by atoms with van der Waals surface area (Å²) in [5, 5.41) is 23.0. The average Bonchev–Trinajstić information content (AvgIpc) is 2.53. The molecule has 0 fully saturated rings. The van der Waals surface area contributed by atoms with Gasteiger partial charge in [0.05, 0.1) is 12.0 Å². The minimum Gasteiger partial charge on any atom is -0.508 e.